The van der Waals surface area contributed by atoms with Crippen molar-refractivity contribution in [3.63, 3.8) is 0 Å². The summed E-state index contributed by atoms with van der Waals surface area (Å²) >= 11 is 6.27. The van der Waals surface area contributed by atoms with Crippen LogP contribution in [0.1, 0.15) is 12.5 Å². The van der Waals surface area contributed by atoms with Crippen molar-refractivity contribution in [2.24, 2.45) is 10.7 Å². The quantitative estimate of drug-likeness (QED) is 0.928. The van der Waals surface area contributed by atoms with Crippen molar-refractivity contribution in [2.75, 3.05) is 11.4 Å². The van der Waals surface area contributed by atoms with Crippen LogP contribution >= 0.6 is 11.6 Å². The van der Waals surface area contributed by atoms with E-state index in [0.29, 0.717) is 23.1 Å². The lowest BCUT2D eigenvalue weighted by Crippen LogP contribution is -2.48. The highest BCUT2D eigenvalue weighted by Gasteiger charge is 2.41. The van der Waals surface area contributed by atoms with E-state index in [1.165, 1.54) is 12.3 Å². The summed E-state index contributed by atoms with van der Waals surface area (Å²) in [5, 5.41) is 0.563. The number of anilines is 1. The monoisotopic (exact) mass is 304 g/mol. The first kappa shape index (κ1) is 13.8. The fraction of sp³-hybridized carbons (Fsp3) is 0.200. The van der Waals surface area contributed by atoms with Gasteiger partial charge in [-0.15, -0.1) is 0 Å². The first-order valence-corrected chi connectivity index (χ1v) is 6.86. The zero-order valence-corrected chi connectivity index (χ0v) is 12.2. The molecule has 6 heteroatoms. The van der Waals surface area contributed by atoms with Gasteiger partial charge < -0.3 is 5.73 Å². The van der Waals surface area contributed by atoms with Crippen molar-refractivity contribution in [3.05, 3.63) is 59.1 Å². The van der Waals surface area contributed by atoms with Crippen LogP contribution in [0.2, 0.25) is 5.02 Å². The van der Waals surface area contributed by atoms with E-state index in [2.05, 4.69) is 9.98 Å². The number of pyridine rings is 1. The van der Waals surface area contributed by atoms with Crippen molar-refractivity contribution in [3.8, 4) is 0 Å². The first-order valence-electron chi connectivity index (χ1n) is 6.48. The van der Waals surface area contributed by atoms with Gasteiger partial charge in [0.05, 0.1) is 29.0 Å². The molecular weight excluding hydrogens is 291 g/mol. The number of guanidine groups is 1. The van der Waals surface area contributed by atoms with Crippen molar-refractivity contribution in [2.45, 2.75) is 12.5 Å². The molecule has 1 unspecified atom stereocenters. The second-order valence-corrected chi connectivity index (χ2v) is 5.53. The van der Waals surface area contributed by atoms with Crippen LogP contribution in [-0.4, -0.2) is 17.5 Å². The second kappa shape index (κ2) is 5.00. The first-order chi connectivity index (χ1) is 10.0. The highest BCUT2D eigenvalue weighted by atomic mass is 35.5. The van der Waals surface area contributed by atoms with E-state index in [4.69, 9.17) is 17.3 Å². The Morgan fingerprint density at radius 3 is 2.81 bits per heavy atom. The van der Waals surface area contributed by atoms with Gasteiger partial charge in [-0.05, 0) is 25.1 Å². The molecule has 0 saturated heterocycles. The van der Waals surface area contributed by atoms with Crippen LogP contribution in [0, 0.1) is 5.82 Å². The topological polar surface area (TPSA) is 54.5 Å². The van der Waals surface area contributed by atoms with Gasteiger partial charge in [0, 0.05) is 11.8 Å². The average Bonchev–Trinajstić information content (AvgIpc) is 2.77. The third-order valence-corrected chi connectivity index (χ3v) is 4.01. The van der Waals surface area contributed by atoms with Crippen LogP contribution in [0.4, 0.5) is 10.1 Å². The maximum atomic E-state index is 13.5. The van der Waals surface area contributed by atoms with Crippen LogP contribution in [0.25, 0.3) is 0 Å². The number of halogens is 2. The van der Waals surface area contributed by atoms with Crippen LogP contribution in [0.3, 0.4) is 0 Å². The number of para-hydroxylation sites is 1. The Kier molecular flexibility index (Phi) is 3.29. The molecular formula is C15H14ClFN4. The smallest absolute Gasteiger partial charge is 0.196 e. The van der Waals surface area contributed by atoms with Gasteiger partial charge in [-0.3, -0.25) is 14.9 Å². The number of hydrogen-bond acceptors (Lipinski definition) is 4. The minimum atomic E-state index is -0.621. The molecule has 1 aromatic carbocycles. The Balaban J connectivity index is 2.13. The fourth-order valence-corrected chi connectivity index (χ4v) is 2.80. The molecule has 21 heavy (non-hydrogen) atoms. The summed E-state index contributed by atoms with van der Waals surface area (Å²) in [6, 6.07) is 8.81. The van der Waals surface area contributed by atoms with Gasteiger partial charge >= 0.3 is 0 Å². The van der Waals surface area contributed by atoms with Crippen LogP contribution < -0.4 is 10.6 Å². The number of nitrogens with zero attached hydrogens (tertiary/aromatic N) is 3. The molecule has 0 amide bonds. The van der Waals surface area contributed by atoms with Gasteiger partial charge in [-0.1, -0.05) is 23.7 Å². The molecule has 2 aromatic rings. The summed E-state index contributed by atoms with van der Waals surface area (Å²) in [6.07, 6.45) is 2.80. The van der Waals surface area contributed by atoms with Crippen molar-refractivity contribution >= 4 is 23.2 Å². The second-order valence-electron chi connectivity index (χ2n) is 5.13. The minimum absolute atomic E-state index is 0.356. The Morgan fingerprint density at radius 1 is 1.33 bits per heavy atom. The highest BCUT2D eigenvalue weighted by Crippen LogP contribution is 2.39. The maximum Gasteiger partial charge on any atom is 0.196 e. The van der Waals surface area contributed by atoms with E-state index in [-0.39, 0.29) is 0 Å². The van der Waals surface area contributed by atoms with E-state index in [9.17, 15) is 4.39 Å². The van der Waals surface area contributed by atoms with E-state index < -0.39 is 11.4 Å². The largest absolute Gasteiger partial charge is 0.369 e. The summed E-state index contributed by atoms with van der Waals surface area (Å²) in [5.41, 5.74) is 6.85. The Hall–Kier alpha value is -2.14. The number of aliphatic imine (C=N–C) groups is 1. The number of aromatic nitrogens is 1. The predicted molar refractivity (Wildman–Crippen MR) is 82.0 cm³/mol. The van der Waals surface area contributed by atoms with Crippen LogP contribution in [0.5, 0.6) is 0 Å². The van der Waals surface area contributed by atoms with Gasteiger partial charge in [0.15, 0.2) is 5.96 Å². The molecule has 1 atom stereocenters. The van der Waals surface area contributed by atoms with E-state index in [0.717, 1.165) is 5.69 Å². The molecule has 0 fully saturated rings. The third-order valence-electron chi connectivity index (χ3n) is 3.69. The molecule has 0 radical (unpaired) electrons. The fourth-order valence-electron chi connectivity index (χ4n) is 2.58. The van der Waals surface area contributed by atoms with E-state index in [1.807, 2.05) is 30.0 Å². The van der Waals surface area contributed by atoms with Crippen LogP contribution in [-0.2, 0) is 5.54 Å². The summed E-state index contributed by atoms with van der Waals surface area (Å²) in [7, 11) is 0. The molecule has 0 spiro atoms. The van der Waals surface area contributed by atoms with E-state index >= 15 is 0 Å². The molecule has 1 aliphatic rings. The molecule has 4 nitrogen and oxygen atoms in total. The predicted octanol–water partition coefficient (Wildman–Crippen LogP) is 2.92. The van der Waals surface area contributed by atoms with Crippen LogP contribution in [0.15, 0.2) is 47.7 Å². The Morgan fingerprint density at radius 2 is 2.10 bits per heavy atom. The lowest BCUT2D eigenvalue weighted by atomic mass is 9.92. The molecule has 0 saturated carbocycles. The van der Waals surface area contributed by atoms with Crippen molar-refractivity contribution in [1.82, 2.24) is 4.98 Å². The average molecular weight is 305 g/mol. The normalized spacial score (nSPS) is 21.5. The standard InChI is InChI=1S/C15H14ClFN4/c1-15(10-6-11(17)8-19-7-10)9-20-14(18)21(15)13-5-3-2-4-12(13)16/h2-8H,9H2,1H3,(H2,18,20). The summed E-state index contributed by atoms with van der Waals surface area (Å²) in [4.78, 5) is 10.1. The number of rotatable bonds is 2. The Bertz CT molecular complexity index is 718. The van der Waals surface area contributed by atoms with Crippen molar-refractivity contribution < 1.29 is 4.39 Å². The molecule has 2 heterocycles. The zero-order valence-electron chi connectivity index (χ0n) is 11.4. The van der Waals surface area contributed by atoms with Gasteiger partial charge in [-0.2, -0.15) is 0 Å². The molecule has 3 rings (SSSR count). The summed E-state index contributed by atoms with van der Waals surface area (Å²) < 4.78 is 13.5. The molecule has 2 N–H and O–H groups in total. The third kappa shape index (κ3) is 2.23. The number of nitrogens with two attached hydrogens (primary N) is 1. The zero-order chi connectivity index (χ0) is 15.0. The molecule has 0 aliphatic carbocycles. The molecule has 108 valence electrons. The Labute approximate surface area is 127 Å². The number of benzene rings is 1. The van der Waals surface area contributed by atoms with Crippen molar-refractivity contribution in [1.29, 1.82) is 0 Å². The molecule has 0 bridgehead atoms. The lowest BCUT2D eigenvalue weighted by molar-refractivity contribution is 0.521. The molecule has 1 aromatic heterocycles. The van der Waals surface area contributed by atoms with Gasteiger partial charge in [0.25, 0.3) is 0 Å². The minimum Gasteiger partial charge on any atom is -0.369 e. The van der Waals surface area contributed by atoms with E-state index in [1.54, 1.807) is 12.3 Å². The van der Waals surface area contributed by atoms with Gasteiger partial charge in [0.2, 0.25) is 0 Å². The molecule has 1 aliphatic heterocycles. The summed E-state index contributed by atoms with van der Waals surface area (Å²) in [6.45, 7) is 2.35. The summed E-state index contributed by atoms with van der Waals surface area (Å²) in [5.74, 6) is -0.0341. The SMILES string of the molecule is CC1(c2cncc(F)c2)CN=C(N)N1c1ccccc1Cl. The maximum absolute atomic E-state index is 13.5. The number of hydrogen-bond donors (Lipinski definition) is 1. The highest BCUT2D eigenvalue weighted by molar-refractivity contribution is 6.34. The lowest BCUT2D eigenvalue weighted by Gasteiger charge is -2.36. The van der Waals surface area contributed by atoms with Gasteiger partial charge in [-0.25, -0.2) is 4.39 Å². The van der Waals surface area contributed by atoms with Gasteiger partial charge in [0.1, 0.15) is 5.82 Å².